The standard InChI is InChI=1S/C21H23Cl2N5O4/c1-13-19(23)20(21-24-5-8-32-21)25-28(13)18(12-30)27-7-6-26(10-15(27)11-29)14-3-4-16(22)17(9-14)31-2/h3-5,8-9,12,15,18,29H,6-7,10-11H2,1-2H3/t15-,18?/m1/s1. The number of carbonyl (C=O) groups excluding carboxylic acids is 1. The van der Waals surface area contributed by atoms with E-state index in [-0.39, 0.29) is 18.5 Å². The normalized spacial score (nSPS) is 18.0. The molecule has 3 aromatic rings. The number of aldehydes is 1. The van der Waals surface area contributed by atoms with Crippen LogP contribution in [0.3, 0.4) is 0 Å². The Bertz CT molecular complexity index is 1090. The number of halogens is 2. The predicted octanol–water partition coefficient (Wildman–Crippen LogP) is 3.04. The van der Waals surface area contributed by atoms with E-state index < -0.39 is 6.17 Å². The number of hydrogen-bond acceptors (Lipinski definition) is 8. The number of benzene rings is 1. The number of aromatic nitrogens is 3. The molecular formula is C21H23Cl2N5O4. The maximum Gasteiger partial charge on any atom is 0.248 e. The zero-order chi connectivity index (χ0) is 22.8. The van der Waals surface area contributed by atoms with Crippen LogP contribution in [-0.2, 0) is 4.79 Å². The Morgan fingerprint density at radius 2 is 2.19 bits per heavy atom. The molecule has 4 rings (SSSR count). The summed E-state index contributed by atoms with van der Waals surface area (Å²) in [6.07, 6.45) is 3.00. The summed E-state index contributed by atoms with van der Waals surface area (Å²) in [6, 6.07) is 5.24. The number of carbonyl (C=O) groups is 1. The van der Waals surface area contributed by atoms with Crippen LogP contribution in [-0.4, -0.2) is 70.4 Å². The lowest BCUT2D eigenvalue weighted by Crippen LogP contribution is -2.57. The number of ether oxygens (including phenoxy) is 1. The highest BCUT2D eigenvalue weighted by Crippen LogP contribution is 2.33. The summed E-state index contributed by atoms with van der Waals surface area (Å²) in [5.41, 5.74) is 1.91. The van der Waals surface area contributed by atoms with Crippen molar-refractivity contribution < 1.29 is 19.1 Å². The Labute approximate surface area is 195 Å². The van der Waals surface area contributed by atoms with Gasteiger partial charge in [-0.3, -0.25) is 9.69 Å². The molecule has 11 heteroatoms. The van der Waals surface area contributed by atoms with Crippen LogP contribution < -0.4 is 9.64 Å². The molecule has 0 bridgehead atoms. The van der Waals surface area contributed by atoms with E-state index in [2.05, 4.69) is 15.0 Å². The molecule has 1 N–H and O–H groups in total. The van der Waals surface area contributed by atoms with Crippen molar-refractivity contribution in [3.63, 3.8) is 0 Å². The molecule has 3 heterocycles. The lowest BCUT2D eigenvalue weighted by Gasteiger charge is -2.44. The van der Waals surface area contributed by atoms with Crippen LogP contribution in [0.15, 0.2) is 35.1 Å². The minimum absolute atomic E-state index is 0.133. The molecule has 32 heavy (non-hydrogen) atoms. The maximum absolute atomic E-state index is 12.2. The molecule has 1 aliphatic rings. The second kappa shape index (κ2) is 9.50. The molecule has 1 saturated heterocycles. The molecule has 0 saturated carbocycles. The van der Waals surface area contributed by atoms with Gasteiger partial charge in [-0.05, 0) is 19.1 Å². The number of nitrogens with zero attached hydrogens (tertiary/aromatic N) is 5. The summed E-state index contributed by atoms with van der Waals surface area (Å²) in [5.74, 6) is 0.862. The number of aliphatic hydroxyl groups is 1. The van der Waals surface area contributed by atoms with Crippen molar-refractivity contribution in [3.8, 4) is 17.3 Å². The second-order valence-corrected chi connectivity index (χ2v) is 8.20. The molecule has 2 atom stereocenters. The highest BCUT2D eigenvalue weighted by atomic mass is 35.5. The van der Waals surface area contributed by atoms with Gasteiger partial charge in [0, 0.05) is 31.4 Å². The third-order valence-electron chi connectivity index (χ3n) is 5.66. The fourth-order valence-corrected chi connectivity index (χ4v) is 4.37. The van der Waals surface area contributed by atoms with E-state index in [0.29, 0.717) is 46.8 Å². The topological polar surface area (TPSA) is 96.9 Å². The van der Waals surface area contributed by atoms with E-state index in [1.165, 1.54) is 12.5 Å². The van der Waals surface area contributed by atoms with Gasteiger partial charge in [0.25, 0.3) is 0 Å². The average Bonchev–Trinajstić information content (AvgIpc) is 3.44. The molecule has 1 aliphatic heterocycles. The lowest BCUT2D eigenvalue weighted by molar-refractivity contribution is -0.118. The summed E-state index contributed by atoms with van der Waals surface area (Å²) in [4.78, 5) is 20.3. The van der Waals surface area contributed by atoms with Gasteiger partial charge < -0.3 is 19.2 Å². The molecule has 0 spiro atoms. The molecule has 2 aromatic heterocycles. The molecule has 9 nitrogen and oxygen atoms in total. The van der Waals surface area contributed by atoms with E-state index >= 15 is 0 Å². The van der Waals surface area contributed by atoms with Crippen molar-refractivity contribution in [2.24, 2.45) is 0 Å². The van der Waals surface area contributed by atoms with Crippen molar-refractivity contribution in [2.45, 2.75) is 19.1 Å². The Morgan fingerprint density at radius 3 is 2.84 bits per heavy atom. The van der Waals surface area contributed by atoms with Gasteiger partial charge >= 0.3 is 0 Å². The summed E-state index contributed by atoms with van der Waals surface area (Å²) in [6.45, 7) is 3.30. The number of methoxy groups -OCH3 is 1. The first-order valence-electron chi connectivity index (χ1n) is 10.0. The lowest BCUT2D eigenvalue weighted by atomic mass is 10.1. The van der Waals surface area contributed by atoms with E-state index in [9.17, 15) is 9.90 Å². The van der Waals surface area contributed by atoms with Crippen LogP contribution in [0.5, 0.6) is 5.75 Å². The van der Waals surface area contributed by atoms with E-state index in [1.54, 1.807) is 24.8 Å². The predicted molar refractivity (Wildman–Crippen MR) is 120 cm³/mol. The maximum atomic E-state index is 12.2. The highest BCUT2D eigenvalue weighted by molar-refractivity contribution is 6.33. The fraction of sp³-hybridized carbons (Fsp3) is 0.381. The number of hydrogen-bond donors (Lipinski definition) is 1. The van der Waals surface area contributed by atoms with Gasteiger partial charge in [-0.15, -0.1) is 0 Å². The monoisotopic (exact) mass is 479 g/mol. The van der Waals surface area contributed by atoms with Crippen LogP contribution in [0.4, 0.5) is 5.69 Å². The SMILES string of the molecule is COc1cc(N2CCN(C(C=O)n3nc(-c4ncco4)c(Cl)c3C)[C@@H](CO)C2)ccc1Cl. The highest BCUT2D eigenvalue weighted by Gasteiger charge is 2.35. The van der Waals surface area contributed by atoms with Crippen LogP contribution in [0.2, 0.25) is 10.0 Å². The molecule has 0 aliphatic carbocycles. The van der Waals surface area contributed by atoms with Gasteiger partial charge in [0.1, 0.15) is 12.0 Å². The number of oxazole rings is 1. The molecule has 170 valence electrons. The first kappa shape index (κ1) is 22.6. The second-order valence-electron chi connectivity index (χ2n) is 7.42. The van der Waals surface area contributed by atoms with Crippen molar-refractivity contribution >= 4 is 35.2 Å². The third kappa shape index (κ3) is 4.09. The average molecular weight is 480 g/mol. The largest absolute Gasteiger partial charge is 0.495 e. The molecule has 1 aromatic carbocycles. The Balaban J connectivity index is 1.60. The molecule has 0 amide bonds. The molecular weight excluding hydrogens is 457 g/mol. The summed E-state index contributed by atoms with van der Waals surface area (Å²) < 4.78 is 12.2. The number of piperazine rings is 1. The number of aliphatic hydroxyl groups excluding tert-OH is 1. The summed E-state index contributed by atoms with van der Waals surface area (Å²) in [7, 11) is 1.57. The first-order valence-corrected chi connectivity index (χ1v) is 10.8. The number of anilines is 1. The van der Waals surface area contributed by atoms with E-state index in [4.69, 9.17) is 32.4 Å². The van der Waals surface area contributed by atoms with Gasteiger partial charge in [0.2, 0.25) is 5.89 Å². The Kier molecular flexibility index (Phi) is 6.71. The van der Waals surface area contributed by atoms with Crippen LogP contribution in [0.1, 0.15) is 11.9 Å². The van der Waals surface area contributed by atoms with Crippen molar-refractivity contribution in [2.75, 3.05) is 38.3 Å². The van der Waals surface area contributed by atoms with Gasteiger partial charge in [0.15, 0.2) is 18.1 Å². The molecule has 0 radical (unpaired) electrons. The zero-order valence-corrected chi connectivity index (χ0v) is 19.1. The quantitative estimate of drug-likeness (QED) is 0.516. The van der Waals surface area contributed by atoms with Gasteiger partial charge in [-0.1, -0.05) is 23.2 Å². The Hall–Kier alpha value is -2.59. The van der Waals surface area contributed by atoms with E-state index in [1.807, 2.05) is 17.0 Å². The van der Waals surface area contributed by atoms with Gasteiger partial charge in [0.05, 0.1) is 41.7 Å². The van der Waals surface area contributed by atoms with Gasteiger partial charge in [-0.25, -0.2) is 9.67 Å². The number of rotatable bonds is 7. The van der Waals surface area contributed by atoms with Crippen molar-refractivity contribution in [1.29, 1.82) is 0 Å². The minimum atomic E-state index is -0.740. The fourth-order valence-electron chi connectivity index (χ4n) is 3.97. The van der Waals surface area contributed by atoms with Crippen molar-refractivity contribution in [3.05, 3.63) is 46.4 Å². The minimum Gasteiger partial charge on any atom is -0.495 e. The van der Waals surface area contributed by atoms with Crippen LogP contribution in [0, 0.1) is 6.92 Å². The molecule has 1 unspecified atom stereocenters. The summed E-state index contributed by atoms with van der Waals surface area (Å²) in [5, 5.41) is 15.5. The third-order valence-corrected chi connectivity index (χ3v) is 6.43. The van der Waals surface area contributed by atoms with Gasteiger partial charge in [-0.2, -0.15) is 5.10 Å². The molecule has 1 fully saturated rings. The van der Waals surface area contributed by atoms with Crippen molar-refractivity contribution in [1.82, 2.24) is 19.7 Å². The summed E-state index contributed by atoms with van der Waals surface area (Å²) >= 11 is 12.6. The first-order chi connectivity index (χ1) is 15.5. The van der Waals surface area contributed by atoms with Crippen LogP contribution >= 0.6 is 23.2 Å². The van der Waals surface area contributed by atoms with Crippen LogP contribution in [0.25, 0.3) is 11.6 Å². The smallest absolute Gasteiger partial charge is 0.248 e. The Morgan fingerprint density at radius 1 is 1.38 bits per heavy atom. The zero-order valence-electron chi connectivity index (χ0n) is 17.6. The van der Waals surface area contributed by atoms with E-state index in [0.717, 1.165) is 12.0 Å².